The normalized spacial score (nSPS) is 18.8. The van der Waals surface area contributed by atoms with Crippen molar-refractivity contribution in [3.05, 3.63) is 77.0 Å². The average molecular weight is 336 g/mol. The largest absolute Gasteiger partial charge is 0.276 e. The summed E-state index contributed by atoms with van der Waals surface area (Å²) in [6, 6.07) is 14.4. The molecular formula is C21H18F2N2. The van der Waals surface area contributed by atoms with Crippen LogP contribution < -0.4 is 0 Å². The molecule has 1 atom stereocenters. The summed E-state index contributed by atoms with van der Waals surface area (Å²) in [5.41, 5.74) is 2.58. The monoisotopic (exact) mass is 336 g/mol. The lowest BCUT2D eigenvalue weighted by Crippen LogP contribution is -2.34. The van der Waals surface area contributed by atoms with Gasteiger partial charge >= 0.3 is 0 Å². The number of aromatic nitrogens is 1. The Balaban J connectivity index is 1.98. The maximum absolute atomic E-state index is 14.6. The van der Waals surface area contributed by atoms with Gasteiger partial charge in [0.25, 0.3) is 0 Å². The first-order chi connectivity index (χ1) is 11.9. The molecule has 0 N–H and O–H groups in total. The number of hydrogen-bond donors (Lipinski definition) is 0. The van der Waals surface area contributed by atoms with Gasteiger partial charge in [0.1, 0.15) is 0 Å². The van der Waals surface area contributed by atoms with E-state index >= 15 is 0 Å². The minimum Gasteiger partial charge on any atom is -0.276 e. The first-order valence-corrected chi connectivity index (χ1v) is 8.33. The van der Waals surface area contributed by atoms with Crippen LogP contribution in [0.4, 0.5) is 8.78 Å². The van der Waals surface area contributed by atoms with Gasteiger partial charge in [-0.25, -0.2) is 13.8 Å². The van der Waals surface area contributed by atoms with Crippen LogP contribution in [0.5, 0.6) is 0 Å². The van der Waals surface area contributed by atoms with E-state index in [0.717, 1.165) is 17.0 Å². The van der Waals surface area contributed by atoms with Crippen LogP contribution in [-0.2, 0) is 0 Å². The number of pyridine rings is 1. The molecule has 1 aliphatic rings. The molecule has 1 aromatic heterocycles. The molecule has 4 heteroatoms. The zero-order chi connectivity index (χ0) is 17.8. The van der Waals surface area contributed by atoms with E-state index in [1.807, 2.05) is 57.2 Å². The molecule has 2 aromatic carbocycles. The number of fused-ring (bicyclic) bond motifs is 2. The van der Waals surface area contributed by atoms with Crippen LogP contribution in [0.25, 0.3) is 10.9 Å². The van der Waals surface area contributed by atoms with E-state index in [2.05, 4.69) is 0 Å². The van der Waals surface area contributed by atoms with Crippen molar-refractivity contribution >= 4 is 16.6 Å². The third-order valence-electron chi connectivity index (χ3n) is 5.12. The third-order valence-corrected chi connectivity index (χ3v) is 5.12. The molecule has 1 unspecified atom stereocenters. The summed E-state index contributed by atoms with van der Waals surface area (Å²) in [5, 5.41) is 1.03. The molecule has 126 valence electrons. The second-order valence-corrected chi connectivity index (χ2v) is 7.05. The maximum Gasteiger partial charge on any atom is 0.163 e. The molecule has 0 radical (unpaired) electrons. The minimum atomic E-state index is -0.825. The van der Waals surface area contributed by atoms with E-state index in [9.17, 15) is 8.78 Å². The minimum absolute atomic E-state index is 0.234. The number of aliphatic imine (C=N–C) groups is 1. The lowest BCUT2D eigenvalue weighted by molar-refractivity contribution is 0.405. The van der Waals surface area contributed by atoms with Crippen LogP contribution in [0.1, 0.15) is 43.5 Å². The fourth-order valence-corrected chi connectivity index (χ4v) is 3.39. The number of rotatable bonds is 1. The molecule has 0 aliphatic carbocycles. The lowest BCUT2D eigenvalue weighted by Gasteiger charge is -2.35. The molecule has 2 heterocycles. The summed E-state index contributed by atoms with van der Waals surface area (Å²) in [5.74, 6) is -1.84. The second-order valence-electron chi connectivity index (χ2n) is 7.05. The van der Waals surface area contributed by atoms with Crippen LogP contribution in [0.2, 0.25) is 0 Å². The molecule has 1 aliphatic heterocycles. The Labute approximate surface area is 145 Å². The van der Waals surface area contributed by atoms with Gasteiger partial charge in [0, 0.05) is 22.4 Å². The van der Waals surface area contributed by atoms with Gasteiger partial charge in [-0.15, -0.1) is 0 Å². The van der Waals surface area contributed by atoms with Crippen molar-refractivity contribution in [2.24, 2.45) is 4.99 Å². The van der Waals surface area contributed by atoms with Gasteiger partial charge in [0.2, 0.25) is 0 Å². The lowest BCUT2D eigenvalue weighted by atomic mass is 9.77. The Hall–Kier alpha value is -2.62. The Morgan fingerprint density at radius 1 is 0.960 bits per heavy atom. The van der Waals surface area contributed by atoms with Crippen LogP contribution in [0, 0.1) is 11.6 Å². The fraction of sp³-hybridized carbons (Fsp3) is 0.238. The average Bonchev–Trinajstić information content (AvgIpc) is 2.60. The van der Waals surface area contributed by atoms with Gasteiger partial charge in [-0.1, -0.05) is 31.2 Å². The van der Waals surface area contributed by atoms with Crippen LogP contribution in [-0.4, -0.2) is 16.2 Å². The van der Waals surface area contributed by atoms with E-state index in [1.54, 1.807) is 6.07 Å². The van der Waals surface area contributed by atoms with Crippen LogP contribution >= 0.6 is 0 Å². The first-order valence-electron chi connectivity index (χ1n) is 8.33. The number of para-hydroxylation sites is 1. The zero-order valence-electron chi connectivity index (χ0n) is 14.3. The van der Waals surface area contributed by atoms with Gasteiger partial charge in [0.15, 0.2) is 11.6 Å². The Morgan fingerprint density at radius 3 is 2.52 bits per heavy atom. The van der Waals surface area contributed by atoms with E-state index in [-0.39, 0.29) is 5.92 Å². The standard InChI is InChI=1S/C21H18F2N2/c1-12-18-14(9-10-15(22)19(18)23)20(25-21(12,2)3)17-11-8-13-6-4-5-7-16(13)24-17/h4-12H,1-3H3. The van der Waals surface area contributed by atoms with Gasteiger partial charge in [-0.05, 0) is 38.1 Å². The van der Waals surface area contributed by atoms with Crippen molar-refractivity contribution in [2.45, 2.75) is 32.2 Å². The molecule has 0 amide bonds. The van der Waals surface area contributed by atoms with E-state index in [0.29, 0.717) is 22.5 Å². The molecule has 0 fully saturated rings. The summed E-state index contributed by atoms with van der Waals surface area (Å²) in [6.45, 7) is 5.76. The van der Waals surface area contributed by atoms with E-state index in [1.165, 1.54) is 0 Å². The first kappa shape index (κ1) is 15.9. The molecule has 3 aromatic rings. The number of hydrogen-bond acceptors (Lipinski definition) is 2. The molecular weight excluding hydrogens is 318 g/mol. The van der Waals surface area contributed by atoms with E-state index < -0.39 is 17.2 Å². The molecule has 2 nitrogen and oxygen atoms in total. The fourth-order valence-electron chi connectivity index (χ4n) is 3.39. The topological polar surface area (TPSA) is 25.2 Å². The predicted octanol–water partition coefficient (Wildman–Crippen LogP) is 5.25. The van der Waals surface area contributed by atoms with Crippen molar-refractivity contribution in [1.82, 2.24) is 4.98 Å². The van der Waals surface area contributed by atoms with Crippen molar-refractivity contribution in [2.75, 3.05) is 0 Å². The summed E-state index contributed by atoms with van der Waals surface area (Å²) in [4.78, 5) is 9.54. The molecule has 0 bridgehead atoms. The van der Waals surface area contributed by atoms with Gasteiger partial charge < -0.3 is 0 Å². The Bertz CT molecular complexity index is 1020. The smallest absolute Gasteiger partial charge is 0.163 e. The molecule has 0 saturated carbocycles. The molecule has 0 saturated heterocycles. The number of benzene rings is 2. The van der Waals surface area contributed by atoms with Gasteiger partial charge in [-0.2, -0.15) is 0 Å². The van der Waals surface area contributed by atoms with Crippen molar-refractivity contribution < 1.29 is 8.78 Å². The number of halogens is 2. The molecule has 4 rings (SSSR count). The van der Waals surface area contributed by atoms with Gasteiger partial charge in [-0.3, -0.25) is 4.99 Å². The van der Waals surface area contributed by atoms with Crippen LogP contribution in [0.15, 0.2) is 53.5 Å². The highest BCUT2D eigenvalue weighted by Crippen LogP contribution is 2.40. The van der Waals surface area contributed by atoms with Crippen molar-refractivity contribution in [3.63, 3.8) is 0 Å². The summed E-state index contributed by atoms with van der Waals surface area (Å²) in [6.07, 6.45) is 0. The van der Waals surface area contributed by atoms with Crippen LogP contribution in [0.3, 0.4) is 0 Å². The Morgan fingerprint density at radius 2 is 1.72 bits per heavy atom. The number of nitrogens with zero attached hydrogens (tertiary/aromatic N) is 2. The van der Waals surface area contributed by atoms with Gasteiger partial charge in [0.05, 0.1) is 22.5 Å². The zero-order valence-corrected chi connectivity index (χ0v) is 14.3. The SMILES string of the molecule is CC1c2c(ccc(F)c2F)C(c2ccc3ccccc3n2)=NC1(C)C. The summed E-state index contributed by atoms with van der Waals surface area (Å²) >= 11 is 0. The quantitative estimate of drug-likeness (QED) is 0.596. The second kappa shape index (κ2) is 5.45. The Kier molecular flexibility index (Phi) is 3.46. The van der Waals surface area contributed by atoms with E-state index in [4.69, 9.17) is 9.98 Å². The summed E-state index contributed by atoms with van der Waals surface area (Å²) < 4.78 is 28.4. The summed E-state index contributed by atoms with van der Waals surface area (Å²) in [7, 11) is 0. The molecule has 25 heavy (non-hydrogen) atoms. The van der Waals surface area contributed by atoms with Crippen molar-refractivity contribution in [1.29, 1.82) is 0 Å². The van der Waals surface area contributed by atoms with Crippen molar-refractivity contribution in [3.8, 4) is 0 Å². The highest BCUT2D eigenvalue weighted by molar-refractivity contribution is 6.14. The third kappa shape index (κ3) is 2.44. The highest BCUT2D eigenvalue weighted by Gasteiger charge is 2.37. The molecule has 0 spiro atoms. The predicted molar refractivity (Wildman–Crippen MR) is 96.2 cm³/mol. The maximum atomic E-state index is 14.6. The highest BCUT2D eigenvalue weighted by atomic mass is 19.2.